The average molecular weight is 310 g/mol. The van der Waals surface area contributed by atoms with E-state index in [2.05, 4.69) is 17.1 Å². The summed E-state index contributed by atoms with van der Waals surface area (Å²) in [7, 11) is -2.59. The molecule has 0 unspecified atom stereocenters. The highest BCUT2D eigenvalue weighted by atomic mass is 19.2. The summed E-state index contributed by atoms with van der Waals surface area (Å²) in [5, 5.41) is 0. The summed E-state index contributed by atoms with van der Waals surface area (Å²) in [6.45, 7) is 6.05. The molecule has 0 fully saturated rings. The van der Waals surface area contributed by atoms with Gasteiger partial charge in [0.2, 0.25) is 0 Å². The van der Waals surface area contributed by atoms with Crippen molar-refractivity contribution in [2.24, 2.45) is 4.99 Å². The lowest BCUT2D eigenvalue weighted by atomic mass is 9.90. The van der Waals surface area contributed by atoms with Crippen LogP contribution in [0.25, 0.3) is 5.57 Å². The SMILES string of the molecule is Cc1cc(C)c(/C(=C2/C=CC=N2)c2cccn2B(F)F)c(C)c1. The number of aromatic nitrogens is 1. The minimum atomic E-state index is -2.59. The molecule has 116 valence electrons. The number of nitrogens with zero attached hydrogens (tertiary/aromatic N) is 2. The summed E-state index contributed by atoms with van der Waals surface area (Å²) in [5.41, 5.74) is 6.17. The molecule has 0 radical (unpaired) electrons. The fraction of sp³-hybridized carbons (Fsp3) is 0.167. The third kappa shape index (κ3) is 2.79. The molecular formula is C18H17BF2N2. The molecule has 1 aromatic carbocycles. The number of benzene rings is 1. The molecule has 1 aromatic heterocycles. The van der Waals surface area contributed by atoms with E-state index in [1.807, 2.05) is 32.9 Å². The maximum atomic E-state index is 13.4. The maximum absolute atomic E-state index is 13.4. The second kappa shape index (κ2) is 5.99. The van der Waals surface area contributed by atoms with Gasteiger partial charge in [0.1, 0.15) is 0 Å². The number of aliphatic imine (C=N–C) groups is 1. The normalized spacial score (nSPS) is 15.3. The Kier molecular flexibility index (Phi) is 4.03. The van der Waals surface area contributed by atoms with Gasteiger partial charge in [-0.25, -0.2) is 0 Å². The van der Waals surface area contributed by atoms with Crippen molar-refractivity contribution >= 4 is 19.2 Å². The Morgan fingerprint density at radius 3 is 2.39 bits per heavy atom. The van der Waals surface area contributed by atoms with Gasteiger partial charge in [-0.1, -0.05) is 17.7 Å². The van der Waals surface area contributed by atoms with Gasteiger partial charge in [0, 0.05) is 17.5 Å². The lowest BCUT2D eigenvalue weighted by molar-refractivity contribution is 0.628. The molecule has 0 spiro atoms. The van der Waals surface area contributed by atoms with Gasteiger partial charge in [0.25, 0.3) is 0 Å². The van der Waals surface area contributed by atoms with E-state index in [0.29, 0.717) is 11.4 Å². The zero-order valence-electron chi connectivity index (χ0n) is 13.3. The largest absolute Gasteiger partial charge is 0.677 e. The molecule has 2 nitrogen and oxygen atoms in total. The van der Waals surface area contributed by atoms with E-state index in [0.717, 1.165) is 32.3 Å². The van der Waals surface area contributed by atoms with Crippen molar-refractivity contribution in [3.63, 3.8) is 0 Å². The fourth-order valence-electron chi connectivity index (χ4n) is 3.19. The molecule has 0 saturated carbocycles. The van der Waals surface area contributed by atoms with E-state index < -0.39 is 7.40 Å². The minimum Gasteiger partial charge on any atom is -0.332 e. The first-order valence-electron chi connectivity index (χ1n) is 7.47. The molecule has 0 amide bonds. The summed E-state index contributed by atoms with van der Waals surface area (Å²) < 4.78 is 27.7. The highest BCUT2D eigenvalue weighted by Gasteiger charge is 2.25. The molecule has 0 saturated heterocycles. The van der Waals surface area contributed by atoms with Crippen molar-refractivity contribution in [2.45, 2.75) is 20.8 Å². The summed E-state index contributed by atoms with van der Waals surface area (Å²) in [6.07, 6.45) is 6.77. The molecule has 0 atom stereocenters. The average Bonchev–Trinajstić information content (AvgIpc) is 3.14. The monoisotopic (exact) mass is 310 g/mol. The van der Waals surface area contributed by atoms with Crippen molar-refractivity contribution in [3.8, 4) is 0 Å². The predicted octanol–water partition coefficient (Wildman–Crippen LogP) is 4.59. The van der Waals surface area contributed by atoms with Gasteiger partial charge in [-0.3, -0.25) is 13.6 Å². The number of allylic oxidation sites excluding steroid dienone is 2. The predicted molar refractivity (Wildman–Crippen MR) is 92.1 cm³/mol. The molecule has 0 aliphatic carbocycles. The highest BCUT2D eigenvalue weighted by molar-refractivity contribution is 6.41. The van der Waals surface area contributed by atoms with Crippen LogP contribution in [0.1, 0.15) is 27.9 Å². The van der Waals surface area contributed by atoms with Crippen LogP contribution in [0.5, 0.6) is 0 Å². The highest BCUT2D eigenvalue weighted by Crippen LogP contribution is 2.34. The quantitative estimate of drug-likeness (QED) is 0.738. The molecule has 0 N–H and O–H groups in total. The van der Waals surface area contributed by atoms with Gasteiger partial charge in [-0.05, 0) is 67.9 Å². The molecule has 0 bridgehead atoms. The summed E-state index contributed by atoms with van der Waals surface area (Å²) >= 11 is 0. The van der Waals surface area contributed by atoms with E-state index in [1.165, 1.54) is 6.20 Å². The Balaban J connectivity index is 2.33. The second-order valence-corrected chi connectivity index (χ2v) is 5.75. The second-order valence-electron chi connectivity index (χ2n) is 5.75. The van der Waals surface area contributed by atoms with Gasteiger partial charge < -0.3 is 4.48 Å². The Morgan fingerprint density at radius 2 is 1.83 bits per heavy atom. The van der Waals surface area contributed by atoms with Gasteiger partial charge in [0.15, 0.2) is 0 Å². The number of rotatable bonds is 3. The van der Waals surface area contributed by atoms with Crippen LogP contribution in [0.4, 0.5) is 8.63 Å². The first-order chi connectivity index (χ1) is 11.0. The van der Waals surface area contributed by atoms with Crippen LogP contribution < -0.4 is 0 Å². The van der Waals surface area contributed by atoms with Crippen LogP contribution in [0.15, 0.2) is 53.3 Å². The maximum Gasteiger partial charge on any atom is 0.677 e. The third-order valence-corrected chi connectivity index (χ3v) is 3.98. The van der Waals surface area contributed by atoms with Crippen LogP contribution in [0.2, 0.25) is 0 Å². The van der Waals surface area contributed by atoms with Gasteiger partial charge in [-0.2, -0.15) is 0 Å². The van der Waals surface area contributed by atoms with Crippen molar-refractivity contribution < 1.29 is 8.63 Å². The number of aryl methyl sites for hydroxylation is 3. The van der Waals surface area contributed by atoms with E-state index in [-0.39, 0.29) is 0 Å². The van der Waals surface area contributed by atoms with E-state index >= 15 is 0 Å². The number of hydrogen-bond acceptors (Lipinski definition) is 1. The van der Waals surface area contributed by atoms with Crippen LogP contribution in [-0.4, -0.2) is 18.1 Å². The van der Waals surface area contributed by atoms with Crippen LogP contribution in [0, 0.1) is 20.8 Å². The standard InChI is InChI=1S/C18H17BF2N2/c1-12-10-13(2)17(14(3)11-12)18(15-6-4-8-22-15)16-7-5-9-23(16)19(20)21/h4-11H,1-3H3/b18-15-. The lowest BCUT2D eigenvalue weighted by Crippen LogP contribution is -2.15. The smallest absolute Gasteiger partial charge is 0.332 e. The zero-order valence-corrected chi connectivity index (χ0v) is 13.3. The van der Waals surface area contributed by atoms with E-state index in [4.69, 9.17) is 0 Å². The molecule has 2 aromatic rings. The summed E-state index contributed by atoms with van der Waals surface area (Å²) in [5.74, 6) is 0. The third-order valence-electron chi connectivity index (χ3n) is 3.98. The zero-order chi connectivity index (χ0) is 16.6. The number of hydrogen-bond donors (Lipinski definition) is 0. The van der Waals surface area contributed by atoms with Gasteiger partial charge in [0.05, 0.1) is 5.70 Å². The lowest BCUT2D eigenvalue weighted by Gasteiger charge is -2.18. The Bertz CT molecular complexity index is 807. The van der Waals surface area contributed by atoms with Crippen molar-refractivity contribution in [1.82, 2.24) is 4.48 Å². The summed E-state index contributed by atoms with van der Waals surface area (Å²) in [4.78, 5) is 4.36. The first-order valence-corrected chi connectivity index (χ1v) is 7.47. The number of halogens is 2. The molecule has 2 heterocycles. The van der Waals surface area contributed by atoms with Gasteiger partial charge >= 0.3 is 7.40 Å². The summed E-state index contributed by atoms with van der Waals surface area (Å²) in [6, 6.07) is 7.50. The molecule has 3 rings (SSSR count). The molecule has 1 aliphatic heterocycles. The molecule has 23 heavy (non-hydrogen) atoms. The van der Waals surface area contributed by atoms with Crippen molar-refractivity contribution in [1.29, 1.82) is 0 Å². The van der Waals surface area contributed by atoms with Gasteiger partial charge in [-0.15, -0.1) is 0 Å². The Labute approximate surface area is 135 Å². The topological polar surface area (TPSA) is 17.3 Å². The van der Waals surface area contributed by atoms with Crippen molar-refractivity contribution in [2.75, 3.05) is 0 Å². The molecule has 5 heteroatoms. The van der Waals surface area contributed by atoms with Crippen LogP contribution in [-0.2, 0) is 0 Å². The fourth-order valence-corrected chi connectivity index (χ4v) is 3.19. The molecular weight excluding hydrogens is 293 g/mol. The van der Waals surface area contributed by atoms with E-state index in [1.54, 1.807) is 18.3 Å². The molecule has 1 aliphatic rings. The minimum absolute atomic E-state index is 0.480. The Morgan fingerprint density at radius 1 is 1.13 bits per heavy atom. The first kappa shape index (κ1) is 15.5. The van der Waals surface area contributed by atoms with Crippen molar-refractivity contribution in [3.05, 3.63) is 76.3 Å². The Hall–Kier alpha value is -2.43. The van der Waals surface area contributed by atoms with Crippen LogP contribution in [0.3, 0.4) is 0 Å². The van der Waals surface area contributed by atoms with Crippen LogP contribution >= 0.6 is 0 Å². The van der Waals surface area contributed by atoms with E-state index in [9.17, 15) is 8.63 Å².